The van der Waals surface area contributed by atoms with Gasteiger partial charge in [-0.1, -0.05) is 32.0 Å². The normalized spacial score (nSPS) is 29.2. The van der Waals surface area contributed by atoms with Crippen molar-refractivity contribution in [2.24, 2.45) is 5.92 Å². The van der Waals surface area contributed by atoms with Crippen molar-refractivity contribution in [3.05, 3.63) is 35.4 Å². The summed E-state index contributed by atoms with van der Waals surface area (Å²) in [5.41, 5.74) is 0.923. The smallest absolute Gasteiger partial charge is 0.255 e. The first kappa shape index (κ1) is 18.0. The Labute approximate surface area is 151 Å². The lowest BCUT2D eigenvalue weighted by molar-refractivity contribution is -0.132. The fraction of sp³-hybridized carbons (Fsp3) is 0.619. The zero-order valence-corrected chi connectivity index (χ0v) is 15.7. The Hall–Kier alpha value is -1.84. The number of rotatable bonds is 4. The van der Waals surface area contributed by atoms with Gasteiger partial charge < -0.3 is 10.2 Å². The third-order valence-corrected chi connectivity index (χ3v) is 5.91. The number of carbonyl (C=O) groups excluding carboxylic acids is 2. The third kappa shape index (κ3) is 3.44. The molecule has 1 saturated carbocycles. The molecule has 3 rings (SSSR count). The highest BCUT2D eigenvalue weighted by Crippen LogP contribution is 2.32. The minimum Gasteiger partial charge on any atom is -0.351 e. The molecule has 2 aliphatic rings. The Kier molecular flexibility index (Phi) is 5.16. The predicted octanol–water partition coefficient (Wildman–Crippen LogP) is 3.55. The fourth-order valence-electron chi connectivity index (χ4n) is 4.24. The third-order valence-electron chi connectivity index (χ3n) is 5.91. The summed E-state index contributed by atoms with van der Waals surface area (Å²) < 4.78 is 0. The molecule has 0 bridgehead atoms. The number of hydrogen-bond acceptors (Lipinski definition) is 2. The van der Waals surface area contributed by atoms with Crippen LogP contribution in [0.5, 0.6) is 0 Å². The van der Waals surface area contributed by atoms with Crippen LogP contribution in [-0.4, -0.2) is 34.8 Å². The molecule has 136 valence electrons. The molecule has 0 radical (unpaired) electrons. The molecule has 1 atom stereocenters. The maximum atomic E-state index is 13.2. The van der Waals surface area contributed by atoms with Crippen LogP contribution in [0.2, 0.25) is 0 Å². The van der Waals surface area contributed by atoms with Gasteiger partial charge >= 0.3 is 0 Å². The molecule has 4 heteroatoms. The summed E-state index contributed by atoms with van der Waals surface area (Å²) in [5, 5.41) is 3.26. The van der Waals surface area contributed by atoms with Gasteiger partial charge in [0.15, 0.2) is 0 Å². The number of nitrogens with zero attached hydrogens (tertiary/aromatic N) is 1. The molecule has 2 amide bonds. The highest BCUT2D eigenvalue weighted by molar-refractivity contribution is 6.02. The van der Waals surface area contributed by atoms with E-state index in [1.165, 1.54) is 12.8 Å². The van der Waals surface area contributed by atoms with Crippen LogP contribution in [0, 0.1) is 5.92 Å². The Morgan fingerprint density at radius 2 is 1.92 bits per heavy atom. The summed E-state index contributed by atoms with van der Waals surface area (Å²) in [5.74, 6) is 0.741. The van der Waals surface area contributed by atoms with E-state index in [0.717, 1.165) is 36.3 Å². The quantitative estimate of drug-likeness (QED) is 0.910. The van der Waals surface area contributed by atoms with Gasteiger partial charge in [-0.15, -0.1) is 0 Å². The average Bonchev–Trinajstić information content (AvgIpc) is 2.60. The van der Waals surface area contributed by atoms with Gasteiger partial charge in [-0.05, 0) is 56.6 Å². The molecule has 1 aromatic rings. The molecule has 1 heterocycles. The molecule has 4 nitrogen and oxygen atoms in total. The number of nitrogens with one attached hydrogen (secondary N) is 1. The Balaban J connectivity index is 1.83. The van der Waals surface area contributed by atoms with E-state index in [-0.39, 0.29) is 17.9 Å². The number of benzene rings is 1. The SMILES string of the molecule is CCCN1C(=O)c2ccccc2CC1(C)C(=O)NC1CCC(C)CC1. The van der Waals surface area contributed by atoms with Crippen LogP contribution in [0.3, 0.4) is 0 Å². The monoisotopic (exact) mass is 342 g/mol. The lowest BCUT2D eigenvalue weighted by Crippen LogP contribution is -2.63. The number of carbonyl (C=O) groups is 2. The van der Waals surface area contributed by atoms with Gasteiger partial charge in [0.2, 0.25) is 5.91 Å². The second kappa shape index (κ2) is 7.19. The largest absolute Gasteiger partial charge is 0.351 e. The summed E-state index contributed by atoms with van der Waals surface area (Å²) in [6.45, 7) is 6.86. The Morgan fingerprint density at radius 3 is 2.60 bits per heavy atom. The number of fused-ring (bicyclic) bond motifs is 1. The molecule has 0 saturated heterocycles. The first-order chi connectivity index (χ1) is 12.0. The Bertz CT molecular complexity index is 649. The van der Waals surface area contributed by atoms with E-state index in [1.807, 2.05) is 31.2 Å². The minimum atomic E-state index is -0.801. The fourth-order valence-corrected chi connectivity index (χ4v) is 4.24. The highest BCUT2D eigenvalue weighted by atomic mass is 16.2. The van der Waals surface area contributed by atoms with Gasteiger partial charge in [-0.25, -0.2) is 0 Å². The second-order valence-electron chi connectivity index (χ2n) is 7.99. The second-order valence-corrected chi connectivity index (χ2v) is 7.99. The van der Waals surface area contributed by atoms with Crippen LogP contribution in [0.25, 0.3) is 0 Å². The van der Waals surface area contributed by atoms with Crippen LogP contribution < -0.4 is 5.32 Å². The Morgan fingerprint density at radius 1 is 1.24 bits per heavy atom. The van der Waals surface area contributed by atoms with Crippen molar-refractivity contribution in [3.8, 4) is 0 Å². The molecule has 1 N–H and O–H groups in total. The molecule has 0 aromatic heterocycles. The molecule has 1 aliphatic heterocycles. The summed E-state index contributed by atoms with van der Waals surface area (Å²) in [7, 11) is 0. The van der Waals surface area contributed by atoms with Gasteiger partial charge in [0.05, 0.1) is 0 Å². The van der Waals surface area contributed by atoms with Crippen molar-refractivity contribution in [1.29, 1.82) is 0 Å². The van der Waals surface area contributed by atoms with E-state index < -0.39 is 5.54 Å². The van der Waals surface area contributed by atoms with Crippen LogP contribution in [0.1, 0.15) is 68.8 Å². The first-order valence-electron chi connectivity index (χ1n) is 9.66. The molecule has 25 heavy (non-hydrogen) atoms. The highest BCUT2D eigenvalue weighted by Gasteiger charge is 2.46. The van der Waals surface area contributed by atoms with Crippen molar-refractivity contribution in [3.63, 3.8) is 0 Å². The zero-order valence-electron chi connectivity index (χ0n) is 15.7. The van der Waals surface area contributed by atoms with Crippen molar-refractivity contribution in [2.45, 2.75) is 70.9 Å². The van der Waals surface area contributed by atoms with Crippen molar-refractivity contribution >= 4 is 11.8 Å². The van der Waals surface area contributed by atoms with Gasteiger partial charge in [-0.2, -0.15) is 0 Å². The van der Waals surface area contributed by atoms with E-state index in [4.69, 9.17) is 0 Å². The minimum absolute atomic E-state index is 0.00311. The van der Waals surface area contributed by atoms with Crippen LogP contribution >= 0.6 is 0 Å². The van der Waals surface area contributed by atoms with E-state index in [1.54, 1.807) is 4.90 Å². The predicted molar refractivity (Wildman–Crippen MR) is 99.4 cm³/mol. The first-order valence-corrected chi connectivity index (χ1v) is 9.66. The molecular weight excluding hydrogens is 312 g/mol. The van der Waals surface area contributed by atoms with Crippen LogP contribution in [-0.2, 0) is 11.2 Å². The van der Waals surface area contributed by atoms with Gasteiger partial charge in [-0.3, -0.25) is 9.59 Å². The average molecular weight is 342 g/mol. The maximum Gasteiger partial charge on any atom is 0.255 e. The van der Waals surface area contributed by atoms with E-state index >= 15 is 0 Å². The standard InChI is InChI=1S/C21H30N2O2/c1-4-13-23-19(24)18-8-6-5-7-16(18)14-21(23,3)20(25)22-17-11-9-15(2)10-12-17/h5-8,15,17H,4,9-14H2,1-3H3,(H,22,25). The molecule has 1 aliphatic carbocycles. The van der Waals surface area contributed by atoms with E-state index in [9.17, 15) is 9.59 Å². The molecule has 0 spiro atoms. The lowest BCUT2D eigenvalue weighted by atomic mass is 9.81. The topological polar surface area (TPSA) is 49.4 Å². The van der Waals surface area contributed by atoms with Gasteiger partial charge in [0.25, 0.3) is 5.91 Å². The number of amides is 2. The summed E-state index contributed by atoms with van der Waals surface area (Å²) >= 11 is 0. The zero-order chi connectivity index (χ0) is 18.0. The summed E-state index contributed by atoms with van der Waals surface area (Å²) in [4.78, 5) is 28.0. The molecular formula is C21H30N2O2. The molecule has 1 aromatic carbocycles. The number of hydrogen-bond donors (Lipinski definition) is 1. The molecule has 1 unspecified atom stereocenters. The molecule has 1 fully saturated rings. The van der Waals surface area contributed by atoms with E-state index in [2.05, 4.69) is 19.2 Å². The lowest BCUT2D eigenvalue weighted by Gasteiger charge is -2.45. The van der Waals surface area contributed by atoms with Crippen molar-refractivity contribution < 1.29 is 9.59 Å². The van der Waals surface area contributed by atoms with Crippen molar-refractivity contribution in [1.82, 2.24) is 10.2 Å². The van der Waals surface area contributed by atoms with Crippen LogP contribution in [0.15, 0.2) is 24.3 Å². The van der Waals surface area contributed by atoms with Crippen LogP contribution in [0.4, 0.5) is 0 Å². The van der Waals surface area contributed by atoms with E-state index in [0.29, 0.717) is 13.0 Å². The maximum absolute atomic E-state index is 13.2. The summed E-state index contributed by atoms with van der Waals surface area (Å²) in [6, 6.07) is 7.94. The van der Waals surface area contributed by atoms with Gasteiger partial charge in [0, 0.05) is 24.6 Å². The van der Waals surface area contributed by atoms with Gasteiger partial charge in [0.1, 0.15) is 5.54 Å². The van der Waals surface area contributed by atoms with Crippen molar-refractivity contribution in [2.75, 3.05) is 6.54 Å². The summed E-state index contributed by atoms with van der Waals surface area (Å²) in [6.07, 6.45) is 5.86.